The summed E-state index contributed by atoms with van der Waals surface area (Å²) in [5.74, 6) is -0.150. The second-order valence-corrected chi connectivity index (χ2v) is 7.91. The zero-order valence-electron chi connectivity index (χ0n) is 18.6. The lowest BCUT2D eigenvalue weighted by molar-refractivity contribution is 0.0963. The van der Waals surface area contributed by atoms with Gasteiger partial charge in [-0.1, -0.05) is 6.07 Å². The number of pyridine rings is 2. The van der Waals surface area contributed by atoms with Crippen LogP contribution in [0.2, 0.25) is 0 Å². The van der Waals surface area contributed by atoms with Crippen molar-refractivity contribution in [2.45, 2.75) is 6.92 Å². The molecule has 166 valence electrons. The second kappa shape index (κ2) is 7.30. The van der Waals surface area contributed by atoms with Crippen LogP contribution in [0.4, 0.5) is 5.82 Å². The van der Waals surface area contributed by atoms with E-state index in [2.05, 4.69) is 20.4 Å². The molecule has 0 atom stereocenters. The summed E-state index contributed by atoms with van der Waals surface area (Å²) in [5, 5.41) is 7.78. The molecule has 0 aliphatic rings. The fourth-order valence-corrected chi connectivity index (χ4v) is 4.16. The van der Waals surface area contributed by atoms with Crippen LogP contribution in [-0.2, 0) is 14.1 Å². The summed E-state index contributed by atoms with van der Waals surface area (Å²) in [5.41, 5.74) is 11.2. The largest absolute Gasteiger partial charge is 0.383 e. The second-order valence-electron chi connectivity index (χ2n) is 7.91. The van der Waals surface area contributed by atoms with Crippen molar-refractivity contribution < 1.29 is 4.79 Å². The summed E-state index contributed by atoms with van der Waals surface area (Å²) in [6, 6.07) is 7.45. The number of fused-ring (bicyclic) bond motifs is 3. The van der Waals surface area contributed by atoms with Gasteiger partial charge in [-0.3, -0.25) is 23.6 Å². The molecular weight excluding hydrogens is 420 g/mol. The van der Waals surface area contributed by atoms with Gasteiger partial charge in [0.05, 0.1) is 39.7 Å². The molecule has 4 aromatic heterocycles. The van der Waals surface area contributed by atoms with Crippen LogP contribution in [0.3, 0.4) is 0 Å². The van der Waals surface area contributed by atoms with Crippen molar-refractivity contribution in [2.24, 2.45) is 14.1 Å². The summed E-state index contributed by atoms with van der Waals surface area (Å²) in [7, 11) is 5.09. The van der Waals surface area contributed by atoms with Crippen molar-refractivity contribution in [3.05, 3.63) is 64.6 Å². The van der Waals surface area contributed by atoms with E-state index in [-0.39, 0.29) is 17.4 Å². The maximum absolute atomic E-state index is 13.2. The van der Waals surface area contributed by atoms with Gasteiger partial charge in [-0.25, -0.2) is 9.78 Å². The van der Waals surface area contributed by atoms with Crippen LogP contribution in [0.5, 0.6) is 0 Å². The number of nitrogen functional groups attached to an aromatic ring is 1. The van der Waals surface area contributed by atoms with Crippen LogP contribution in [0.25, 0.3) is 38.8 Å². The minimum atomic E-state index is -0.310. The lowest BCUT2D eigenvalue weighted by Crippen LogP contribution is -2.21. The van der Waals surface area contributed by atoms with Gasteiger partial charge in [-0.15, -0.1) is 0 Å². The third-order valence-corrected chi connectivity index (χ3v) is 5.84. The lowest BCUT2D eigenvalue weighted by atomic mass is 10.0. The Balaban J connectivity index is 1.82. The molecule has 0 aliphatic heterocycles. The zero-order chi connectivity index (χ0) is 23.4. The summed E-state index contributed by atoms with van der Waals surface area (Å²) in [4.78, 5) is 34.2. The Morgan fingerprint density at radius 1 is 1.09 bits per heavy atom. The smallest absolute Gasteiger partial charge is 0.333 e. The topological polar surface area (TPSA) is 126 Å². The molecule has 10 heteroatoms. The minimum Gasteiger partial charge on any atom is -0.383 e. The fourth-order valence-electron chi connectivity index (χ4n) is 4.16. The van der Waals surface area contributed by atoms with Crippen molar-refractivity contribution in [1.29, 1.82) is 0 Å². The number of nitrogens with one attached hydrogen (secondary N) is 1. The highest BCUT2D eigenvalue weighted by Crippen LogP contribution is 2.30. The van der Waals surface area contributed by atoms with E-state index in [4.69, 9.17) is 5.73 Å². The monoisotopic (exact) mass is 442 g/mol. The normalized spacial score (nSPS) is 11.4. The molecule has 4 heterocycles. The van der Waals surface area contributed by atoms with Crippen LogP contribution < -0.4 is 16.7 Å². The van der Waals surface area contributed by atoms with Gasteiger partial charge in [-0.05, 0) is 30.7 Å². The Morgan fingerprint density at radius 3 is 2.58 bits per heavy atom. The molecule has 5 aromatic rings. The number of benzene rings is 1. The first kappa shape index (κ1) is 20.4. The van der Waals surface area contributed by atoms with Crippen LogP contribution in [0.1, 0.15) is 16.1 Å². The quantitative estimate of drug-likeness (QED) is 0.440. The molecule has 0 radical (unpaired) electrons. The average molecular weight is 442 g/mol. The molecule has 0 unspecified atom stereocenters. The first-order valence-electron chi connectivity index (χ1n) is 10.3. The minimum absolute atomic E-state index is 0.159. The highest BCUT2D eigenvalue weighted by molar-refractivity contribution is 6.05. The number of amides is 1. The van der Waals surface area contributed by atoms with Crippen molar-refractivity contribution in [1.82, 2.24) is 34.2 Å². The number of rotatable bonds is 3. The molecule has 0 spiro atoms. The van der Waals surface area contributed by atoms with Gasteiger partial charge in [0.25, 0.3) is 5.91 Å². The number of imidazole rings is 1. The third kappa shape index (κ3) is 3.06. The van der Waals surface area contributed by atoms with E-state index >= 15 is 0 Å². The third-order valence-electron chi connectivity index (χ3n) is 5.84. The summed E-state index contributed by atoms with van der Waals surface area (Å²) in [6.45, 7) is 1.87. The van der Waals surface area contributed by atoms with Gasteiger partial charge in [0.2, 0.25) is 0 Å². The number of hydrogen-bond donors (Lipinski definition) is 2. The van der Waals surface area contributed by atoms with Gasteiger partial charge in [-0.2, -0.15) is 5.10 Å². The van der Waals surface area contributed by atoms with E-state index in [0.29, 0.717) is 16.8 Å². The highest BCUT2D eigenvalue weighted by atomic mass is 16.2. The Hall–Kier alpha value is -4.47. The van der Waals surface area contributed by atoms with Crippen molar-refractivity contribution in [3.63, 3.8) is 0 Å². The Kier molecular flexibility index (Phi) is 4.52. The number of nitrogens with two attached hydrogens (primary N) is 1. The molecule has 3 N–H and O–H groups in total. The molecule has 5 rings (SSSR count). The Morgan fingerprint density at radius 2 is 1.88 bits per heavy atom. The van der Waals surface area contributed by atoms with Crippen molar-refractivity contribution >= 4 is 33.7 Å². The van der Waals surface area contributed by atoms with E-state index in [9.17, 15) is 9.59 Å². The summed E-state index contributed by atoms with van der Waals surface area (Å²) >= 11 is 0. The molecule has 1 aromatic carbocycles. The Labute approximate surface area is 188 Å². The zero-order valence-corrected chi connectivity index (χ0v) is 18.6. The lowest BCUT2D eigenvalue weighted by Gasteiger charge is -2.09. The molecule has 0 bridgehead atoms. The number of nitrogens with zero attached hydrogens (tertiary/aromatic N) is 6. The molecule has 10 nitrogen and oxygen atoms in total. The average Bonchev–Trinajstić information content (AvgIpc) is 3.27. The van der Waals surface area contributed by atoms with Crippen LogP contribution >= 0.6 is 0 Å². The number of carbonyl (C=O) groups is 1. The van der Waals surface area contributed by atoms with E-state index in [1.54, 1.807) is 46.4 Å². The van der Waals surface area contributed by atoms with E-state index < -0.39 is 0 Å². The fraction of sp³-hybridized carbons (Fsp3) is 0.174. The van der Waals surface area contributed by atoms with Crippen LogP contribution in [-0.4, -0.2) is 41.8 Å². The first-order valence-corrected chi connectivity index (χ1v) is 10.3. The SMILES string of the molecule is CNC(=O)c1cc(-c2ccc3ncc4c(c3c2)n(-c2cn(C)nc2C)c(=O)n4C)cnc1N. The van der Waals surface area contributed by atoms with Crippen LogP contribution in [0, 0.1) is 6.92 Å². The number of anilines is 1. The van der Waals surface area contributed by atoms with Gasteiger partial charge in [0.15, 0.2) is 0 Å². The molecule has 0 aliphatic carbocycles. The van der Waals surface area contributed by atoms with Gasteiger partial charge >= 0.3 is 5.69 Å². The summed E-state index contributed by atoms with van der Waals surface area (Å²) < 4.78 is 4.93. The van der Waals surface area contributed by atoms with Gasteiger partial charge in [0.1, 0.15) is 5.82 Å². The standard InChI is InChI=1S/C23H22N8O2/c1-12-19(11-29(3)28-12)31-20-15-7-13(14-8-16(22(32)25-2)21(24)27-9-14)5-6-17(15)26-10-18(20)30(4)23(31)33/h5-11H,1-4H3,(H2,24,27)(H,25,32). The highest BCUT2D eigenvalue weighted by Gasteiger charge is 2.19. The maximum Gasteiger partial charge on any atom is 0.333 e. The summed E-state index contributed by atoms with van der Waals surface area (Å²) in [6.07, 6.45) is 5.15. The Bertz CT molecular complexity index is 1640. The first-order chi connectivity index (χ1) is 15.8. The number of aryl methyl sites for hydroxylation is 3. The number of hydrogen-bond acceptors (Lipinski definition) is 6. The molecular formula is C23H22N8O2. The maximum atomic E-state index is 13.2. The number of aromatic nitrogens is 6. The van der Waals surface area contributed by atoms with Crippen molar-refractivity contribution in [2.75, 3.05) is 12.8 Å². The number of carbonyl (C=O) groups excluding carboxylic acids is 1. The molecule has 1 amide bonds. The molecule has 0 fully saturated rings. The predicted molar refractivity (Wildman–Crippen MR) is 126 cm³/mol. The van der Waals surface area contributed by atoms with Crippen LogP contribution in [0.15, 0.2) is 47.7 Å². The molecule has 0 saturated heterocycles. The molecule has 0 saturated carbocycles. The molecule has 33 heavy (non-hydrogen) atoms. The van der Waals surface area contributed by atoms with Gasteiger partial charge < -0.3 is 11.1 Å². The van der Waals surface area contributed by atoms with Gasteiger partial charge in [0, 0.05) is 44.5 Å². The van der Waals surface area contributed by atoms with Crippen molar-refractivity contribution in [3.8, 4) is 16.8 Å². The van der Waals surface area contributed by atoms with E-state index in [1.807, 2.05) is 38.4 Å². The van der Waals surface area contributed by atoms with E-state index in [0.717, 1.165) is 33.2 Å². The predicted octanol–water partition coefficient (Wildman–Crippen LogP) is 1.92. The van der Waals surface area contributed by atoms with E-state index in [1.165, 1.54) is 0 Å².